The zero-order chi connectivity index (χ0) is 13.0. The maximum absolute atomic E-state index is 5.95. The van der Waals surface area contributed by atoms with Gasteiger partial charge in [0.1, 0.15) is 0 Å². The molecule has 3 heteroatoms. The molecule has 0 saturated heterocycles. The lowest BCUT2D eigenvalue weighted by Gasteiger charge is -2.08. The summed E-state index contributed by atoms with van der Waals surface area (Å²) >= 11 is 9.36. The highest BCUT2D eigenvalue weighted by atomic mass is 79.9. The number of halogens is 2. The van der Waals surface area contributed by atoms with E-state index < -0.39 is 0 Å². The normalized spacial score (nSPS) is 9.83. The van der Waals surface area contributed by atoms with Crippen molar-refractivity contribution in [3.05, 3.63) is 63.1 Å². The molecular weight excluding hydrogens is 310 g/mol. The van der Waals surface area contributed by atoms with Crippen molar-refractivity contribution in [2.75, 3.05) is 5.32 Å². The van der Waals surface area contributed by atoms with E-state index in [4.69, 9.17) is 18.0 Å². The summed E-state index contributed by atoms with van der Waals surface area (Å²) in [6, 6.07) is 13.7. The van der Waals surface area contributed by atoms with Crippen LogP contribution < -0.4 is 5.32 Å². The minimum Gasteiger partial charge on any atom is -0.381 e. The van der Waals surface area contributed by atoms with Gasteiger partial charge < -0.3 is 5.32 Å². The molecule has 0 bridgehead atoms. The Balaban J connectivity index is 2.07. The van der Waals surface area contributed by atoms with Crippen LogP contribution in [-0.4, -0.2) is 0 Å². The molecule has 0 atom stereocenters. The zero-order valence-electron chi connectivity index (χ0n) is 9.58. The predicted molar refractivity (Wildman–Crippen MR) is 80.9 cm³/mol. The Kier molecular flexibility index (Phi) is 4.30. The van der Waals surface area contributed by atoms with Crippen LogP contribution in [0.5, 0.6) is 0 Å². The molecule has 0 unspecified atom stereocenters. The topological polar surface area (TPSA) is 12.0 Å². The van der Waals surface area contributed by atoms with Gasteiger partial charge in [-0.3, -0.25) is 0 Å². The van der Waals surface area contributed by atoms with Crippen molar-refractivity contribution in [1.29, 1.82) is 0 Å². The molecule has 2 aromatic rings. The molecule has 90 valence electrons. The first kappa shape index (κ1) is 13.0. The molecule has 0 aliphatic rings. The largest absolute Gasteiger partial charge is 0.381 e. The molecular formula is C15H11BrClN. The number of benzene rings is 2. The van der Waals surface area contributed by atoms with E-state index in [1.54, 1.807) is 0 Å². The van der Waals surface area contributed by atoms with Crippen molar-refractivity contribution < 1.29 is 0 Å². The van der Waals surface area contributed by atoms with Crippen molar-refractivity contribution in [2.24, 2.45) is 0 Å². The van der Waals surface area contributed by atoms with Gasteiger partial charge in [0.15, 0.2) is 0 Å². The summed E-state index contributed by atoms with van der Waals surface area (Å²) in [6.07, 6.45) is 5.36. The van der Waals surface area contributed by atoms with Gasteiger partial charge in [0.05, 0.1) is 5.02 Å². The molecule has 18 heavy (non-hydrogen) atoms. The molecule has 0 saturated carbocycles. The molecule has 1 nitrogen and oxygen atoms in total. The van der Waals surface area contributed by atoms with E-state index in [-0.39, 0.29) is 0 Å². The highest BCUT2D eigenvalue weighted by Gasteiger charge is 1.99. The van der Waals surface area contributed by atoms with Gasteiger partial charge in [0, 0.05) is 22.3 Å². The molecule has 0 fully saturated rings. The van der Waals surface area contributed by atoms with Gasteiger partial charge in [-0.1, -0.05) is 29.7 Å². The third-order valence-corrected chi connectivity index (χ3v) is 3.72. The van der Waals surface area contributed by atoms with Gasteiger partial charge in [-0.15, -0.1) is 6.42 Å². The molecule has 0 aromatic heterocycles. The molecule has 0 aliphatic carbocycles. The third kappa shape index (κ3) is 3.29. The van der Waals surface area contributed by atoms with Crippen LogP contribution in [0.15, 0.2) is 46.9 Å². The lowest BCUT2D eigenvalue weighted by molar-refractivity contribution is 1.15. The first-order chi connectivity index (χ1) is 8.69. The molecule has 0 amide bonds. The van der Waals surface area contributed by atoms with Crippen LogP contribution in [0.4, 0.5) is 5.69 Å². The average molecular weight is 321 g/mol. The van der Waals surface area contributed by atoms with Crippen LogP contribution in [0.1, 0.15) is 11.1 Å². The smallest absolute Gasteiger partial charge is 0.0548 e. The van der Waals surface area contributed by atoms with Crippen molar-refractivity contribution in [1.82, 2.24) is 0 Å². The molecule has 0 spiro atoms. The fourth-order valence-corrected chi connectivity index (χ4v) is 2.12. The van der Waals surface area contributed by atoms with Gasteiger partial charge >= 0.3 is 0 Å². The summed E-state index contributed by atoms with van der Waals surface area (Å²) in [6.45, 7) is 0.726. The number of hydrogen-bond acceptors (Lipinski definition) is 1. The minimum atomic E-state index is 0.716. The van der Waals surface area contributed by atoms with Gasteiger partial charge in [-0.2, -0.15) is 0 Å². The van der Waals surface area contributed by atoms with Crippen molar-refractivity contribution in [3.63, 3.8) is 0 Å². The second kappa shape index (κ2) is 5.95. The van der Waals surface area contributed by atoms with E-state index in [1.807, 2.05) is 42.5 Å². The SMILES string of the molecule is C#Cc1cccc(NCc2ccc(Cl)c(Br)c2)c1. The molecule has 2 aromatic carbocycles. The Morgan fingerprint density at radius 2 is 2.06 bits per heavy atom. The highest BCUT2D eigenvalue weighted by molar-refractivity contribution is 9.10. The fraction of sp³-hybridized carbons (Fsp3) is 0.0667. The predicted octanol–water partition coefficient (Wildman–Crippen LogP) is 4.70. The summed E-state index contributed by atoms with van der Waals surface area (Å²) in [5.74, 6) is 2.62. The van der Waals surface area contributed by atoms with Crippen LogP contribution in [0.25, 0.3) is 0 Å². The summed E-state index contributed by atoms with van der Waals surface area (Å²) in [4.78, 5) is 0. The Morgan fingerprint density at radius 3 is 2.78 bits per heavy atom. The van der Waals surface area contributed by atoms with E-state index in [2.05, 4.69) is 27.2 Å². The van der Waals surface area contributed by atoms with Gasteiger partial charge in [-0.05, 0) is 51.8 Å². The summed E-state index contributed by atoms with van der Waals surface area (Å²) in [7, 11) is 0. The summed E-state index contributed by atoms with van der Waals surface area (Å²) < 4.78 is 0.904. The fourth-order valence-electron chi connectivity index (χ4n) is 1.57. The minimum absolute atomic E-state index is 0.716. The molecule has 2 rings (SSSR count). The second-order valence-corrected chi connectivity index (χ2v) is 5.09. The van der Waals surface area contributed by atoms with Crippen LogP contribution in [0, 0.1) is 12.3 Å². The Labute approximate surface area is 120 Å². The van der Waals surface area contributed by atoms with E-state index in [0.717, 1.165) is 27.8 Å². The van der Waals surface area contributed by atoms with Crippen molar-refractivity contribution in [3.8, 4) is 12.3 Å². The quantitative estimate of drug-likeness (QED) is 0.809. The van der Waals surface area contributed by atoms with Gasteiger partial charge in [0.25, 0.3) is 0 Å². The Morgan fingerprint density at radius 1 is 1.22 bits per heavy atom. The van der Waals surface area contributed by atoms with E-state index in [0.29, 0.717) is 5.02 Å². The van der Waals surface area contributed by atoms with Gasteiger partial charge in [0.2, 0.25) is 0 Å². The molecule has 0 aliphatic heterocycles. The maximum atomic E-state index is 5.95. The average Bonchev–Trinajstić information content (AvgIpc) is 2.40. The number of hydrogen-bond donors (Lipinski definition) is 1. The highest BCUT2D eigenvalue weighted by Crippen LogP contribution is 2.23. The monoisotopic (exact) mass is 319 g/mol. The number of terminal acetylenes is 1. The van der Waals surface area contributed by atoms with Gasteiger partial charge in [-0.25, -0.2) is 0 Å². The molecule has 0 radical (unpaired) electrons. The first-order valence-electron chi connectivity index (χ1n) is 5.43. The van der Waals surface area contributed by atoms with Crippen LogP contribution in [0.2, 0.25) is 5.02 Å². The second-order valence-electron chi connectivity index (χ2n) is 3.83. The lowest BCUT2D eigenvalue weighted by Crippen LogP contribution is -1.99. The lowest BCUT2D eigenvalue weighted by atomic mass is 10.2. The zero-order valence-corrected chi connectivity index (χ0v) is 11.9. The van der Waals surface area contributed by atoms with Crippen LogP contribution in [-0.2, 0) is 6.54 Å². The summed E-state index contributed by atoms with van der Waals surface area (Å²) in [5.41, 5.74) is 3.03. The van der Waals surface area contributed by atoms with E-state index in [1.165, 1.54) is 0 Å². The first-order valence-corrected chi connectivity index (χ1v) is 6.60. The summed E-state index contributed by atoms with van der Waals surface area (Å²) in [5, 5.41) is 4.04. The van der Waals surface area contributed by atoms with Crippen LogP contribution >= 0.6 is 27.5 Å². The van der Waals surface area contributed by atoms with Crippen LogP contribution in [0.3, 0.4) is 0 Å². The number of nitrogens with one attached hydrogen (secondary N) is 1. The van der Waals surface area contributed by atoms with E-state index in [9.17, 15) is 0 Å². The molecule has 1 N–H and O–H groups in total. The van der Waals surface area contributed by atoms with E-state index >= 15 is 0 Å². The number of rotatable bonds is 3. The maximum Gasteiger partial charge on any atom is 0.0548 e. The third-order valence-electron chi connectivity index (χ3n) is 2.51. The van der Waals surface area contributed by atoms with Crippen molar-refractivity contribution in [2.45, 2.75) is 6.54 Å². The van der Waals surface area contributed by atoms with Crippen molar-refractivity contribution >= 4 is 33.2 Å². The Bertz CT molecular complexity index is 602. The molecule has 0 heterocycles. The Hall–Kier alpha value is -1.43. The standard InChI is InChI=1S/C15H11BrClN/c1-2-11-4-3-5-13(8-11)18-10-12-6-7-15(17)14(16)9-12/h1,3-9,18H,10H2. The number of anilines is 1.